The van der Waals surface area contributed by atoms with Crippen molar-refractivity contribution in [1.29, 1.82) is 0 Å². The molecule has 5 heteroatoms. The van der Waals surface area contributed by atoms with Crippen LogP contribution in [-0.2, 0) is 0 Å². The summed E-state index contributed by atoms with van der Waals surface area (Å²) in [6, 6.07) is 4.08. The molecule has 1 unspecified atom stereocenters. The second-order valence-electron chi connectivity index (χ2n) is 5.03. The van der Waals surface area contributed by atoms with Crippen LogP contribution in [0.1, 0.15) is 35.2 Å². The number of hydrogen-bond donors (Lipinski definition) is 2. The molecule has 2 rings (SSSR count). The van der Waals surface area contributed by atoms with Crippen LogP contribution < -0.4 is 5.73 Å². The van der Waals surface area contributed by atoms with Crippen LogP contribution in [0.4, 0.5) is 4.39 Å². The van der Waals surface area contributed by atoms with Crippen LogP contribution in [0.2, 0.25) is 0 Å². The van der Waals surface area contributed by atoms with Crippen LogP contribution in [0.5, 0.6) is 0 Å². The van der Waals surface area contributed by atoms with E-state index in [-0.39, 0.29) is 30.7 Å². The number of hydrogen-bond acceptors (Lipinski definition) is 3. The van der Waals surface area contributed by atoms with E-state index in [0.29, 0.717) is 12.1 Å². The highest BCUT2D eigenvalue weighted by Gasteiger charge is 2.28. The lowest BCUT2D eigenvalue weighted by molar-refractivity contribution is 0.0498. The van der Waals surface area contributed by atoms with E-state index in [2.05, 4.69) is 11.8 Å². The average molecular weight is 290 g/mol. The molecule has 1 saturated heterocycles. The van der Waals surface area contributed by atoms with Crippen molar-refractivity contribution in [2.24, 2.45) is 5.73 Å². The summed E-state index contributed by atoms with van der Waals surface area (Å²) in [4.78, 5) is 14.0. The Morgan fingerprint density at radius 3 is 2.95 bits per heavy atom. The Kier molecular flexibility index (Phi) is 5.32. The van der Waals surface area contributed by atoms with E-state index < -0.39 is 5.82 Å². The van der Waals surface area contributed by atoms with Gasteiger partial charge in [-0.2, -0.15) is 0 Å². The molecule has 1 aromatic rings. The van der Waals surface area contributed by atoms with Gasteiger partial charge in [-0.3, -0.25) is 4.79 Å². The molecule has 0 aliphatic carbocycles. The van der Waals surface area contributed by atoms with Gasteiger partial charge in [-0.05, 0) is 37.5 Å². The largest absolute Gasteiger partial charge is 0.394 e. The number of carbonyl (C=O) groups excluding carboxylic acids is 1. The maximum atomic E-state index is 14.1. The van der Waals surface area contributed by atoms with Gasteiger partial charge in [0.2, 0.25) is 0 Å². The zero-order chi connectivity index (χ0) is 15.2. The first-order valence-corrected chi connectivity index (χ1v) is 7.07. The van der Waals surface area contributed by atoms with Gasteiger partial charge in [-0.25, -0.2) is 4.39 Å². The highest BCUT2D eigenvalue weighted by Crippen LogP contribution is 2.21. The molecule has 1 amide bonds. The predicted molar refractivity (Wildman–Crippen MR) is 78.1 cm³/mol. The molecule has 1 fully saturated rings. The summed E-state index contributed by atoms with van der Waals surface area (Å²) < 4.78 is 14.1. The fraction of sp³-hybridized carbons (Fsp3) is 0.438. The van der Waals surface area contributed by atoms with Gasteiger partial charge in [0, 0.05) is 12.1 Å². The summed E-state index contributed by atoms with van der Waals surface area (Å²) in [5, 5.41) is 9.35. The fourth-order valence-electron chi connectivity index (χ4n) is 2.53. The summed E-state index contributed by atoms with van der Waals surface area (Å²) >= 11 is 0. The zero-order valence-electron chi connectivity index (χ0n) is 11.8. The van der Waals surface area contributed by atoms with Gasteiger partial charge in [0.15, 0.2) is 0 Å². The van der Waals surface area contributed by atoms with Crippen molar-refractivity contribution in [3.05, 3.63) is 35.1 Å². The van der Waals surface area contributed by atoms with Crippen LogP contribution in [0.3, 0.4) is 0 Å². The zero-order valence-corrected chi connectivity index (χ0v) is 11.8. The molecule has 112 valence electrons. The van der Waals surface area contributed by atoms with E-state index in [9.17, 15) is 14.3 Å². The predicted octanol–water partition coefficient (Wildman–Crippen LogP) is 1.12. The number of likely N-dealkylation sites (tertiary alicyclic amines) is 1. The number of rotatable bonds is 2. The smallest absolute Gasteiger partial charge is 0.257 e. The topological polar surface area (TPSA) is 66.6 Å². The molecule has 0 spiro atoms. The van der Waals surface area contributed by atoms with E-state index in [1.807, 2.05) is 0 Å². The number of amides is 1. The Labute approximate surface area is 123 Å². The molecule has 4 nitrogen and oxygen atoms in total. The highest BCUT2D eigenvalue weighted by atomic mass is 19.1. The van der Waals surface area contributed by atoms with Crippen molar-refractivity contribution in [3.8, 4) is 11.8 Å². The monoisotopic (exact) mass is 290 g/mol. The molecule has 0 saturated carbocycles. The molecule has 0 aromatic heterocycles. The van der Waals surface area contributed by atoms with Gasteiger partial charge < -0.3 is 15.7 Å². The fourth-order valence-corrected chi connectivity index (χ4v) is 2.53. The number of aliphatic hydroxyl groups excluding tert-OH is 1. The number of aliphatic hydroxyl groups is 1. The number of halogens is 1. The summed E-state index contributed by atoms with van der Waals surface area (Å²) in [5.74, 6) is 4.41. The van der Waals surface area contributed by atoms with E-state index in [1.54, 1.807) is 11.0 Å². The van der Waals surface area contributed by atoms with Gasteiger partial charge in [0.25, 0.3) is 5.91 Å². The van der Waals surface area contributed by atoms with Gasteiger partial charge in [0.1, 0.15) is 5.82 Å². The molecular weight excluding hydrogens is 271 g/mol. The highest BCUT2D eigenvalue weighted by molar-refractivity contribution is 5.95. The summed E-state index contributed by atoms with van der Waals surface area (Å²) in [5.41, 5.74) is 5.78. The maximum absolute atomic E-state index is 14.1. The van der Waals surface area contributed by atoms with Crippen LogP contribution in [0.15, 0.2) is 18.2 Å². The number of carbonyl (C=O) groups is 1. The van der Waals surface area contributed by atoms with Crippen molar-refractivity contribution in [1.82, 2.24) is 4.90 Å². The van der Waals surface area contributed by atoms with Crippen molar-refractivity contribution in [2.45, 2.75) is 25.3 Å². The number of benzene rings is 1. The standard InChI is InChI=1S/C16H19FN2O2/c17-15-10-12(4-3-8-18)6-7-14(15)16(21)19-9-2-1-5-13(19)11-20/h6-7,10,13,20H,1-2,5,8-9,11,18H2. The quantitative estimate of drug-likeness (QED) is 0.802. The average Bonchev–Trinajstić information content (AvgIpc) is 2.52. The Morgan fingerprint density at radius 2 is 2.29 bits per heavy atom. The third-order valence-electron chi connectivity index (χ3n) is 3.63. The van der Waals surface area contributed by atoms with E-state index in [4.69, 9.17) is 5.73 Å². The maximum Gasteiger partial charge on any atom is 0.257 e. The van der Waals surface area contributed by atoms with Crippen LogP contribution >= 0.6 is 0 Å². The lowest BCUT2D eigenvalue weighted by Gasteiger charge is -2.34. The first kappa shape index (κ1) is 15.5. The SMILES string of the molecule is NCC#Cc1ccc(C(=O)N2CCCCC2CO)c(F)c1. The summed E-state index contributed by atoms with van der Waals surface area (Å²) in [7, 11) is 0. The van der Waals surface area contributed by atoms with Crippen LogP contribution in [0.25, 0.3) is 0 Å². The first-order valence-electron chi connectivity index (χ1n) is 7.07. The molecule has 3 N–H and O–H groups in total. The van der Waals surface area contributed by atoms with Crippen molar-refractivity contribution < 1.29 is 14.3 Å². The van der Waals surface area contributed by atoms with E-state index in [0.717, 1.165) is 19.3 Å². The van der Waals surface area contributed by atoms with Gasteiger partial charge in [-0.1, -0.05) is 11.8 Å². The Balaban J connectivity index is 2.22. The summed E-state index contributed by atoms with van der Waals surface area (Å²) in [6.45, 7) is 0.667. The van der Waals surface area contributed by atoms with E-state index >= 15 is 0 Å². The normalized spacial score (nSPS) is 18.0. The van der Waals surface area contributed by atoms with Crippen molar-refractivity contribution in [2.75, 3.05) is 19.7 Å². The van der Waals surface area contributed by atoms with Gasteiger partial charge in [0.05, 0.1) is 24.8 Å². The van der Waals surface area contributed by atoms with Gasteiger partial charge in [-0.15, -0.1) is 0 Å². The van der Waals surface area contributed by atoms with E-state index in [1.165, 1.54) is 12.1 Å². The second kappa shape index (κ2) is 7.21. The molecule has 1 atom stereocenters. The summed E-state index contributed by atoms with van der Waals surface area (Å²) in [6.07, 6.45) is 2.61. The molecule has 0 bridgehead atoms. The minimum Gasteiger partial charge on any atom is -0.394 e. The Bertz CT molecular complexity index is 577. The third kappa shape index (κ3) is 3.60. The minimum atomic E-state index is -0.592. The number of piperidine rings is 1. The second-order valence-corrected chi connectivity index (χ2v) is 5.03. The number of nitrogens with two attached hydrogens (primary N) is 1. The molecule has 21 heavy (non-hydrogen) atoms. The van der Waals surface area contributed by atoms with Gasteiger partial charge >= 0.3 is 0 Å². The Morgan fingerprint density at radius 1 is 1.48 bits per heavy atom. The van der Waals surface area contributed by atoms with Crippen LogP contribution in [-0.4, -0.2) is 41.7 Å². The van der Waals surface area contributed by atoms with Crippen molar-refractivity contribution in [3.63, 3.8) is 0 Å². The minimum absolute atomic E-state index is 0.0219. The third-order valence-corrected chi connectivity index (χ3v) is 3.63. The molecule has 1 aromatic carbocycles. The molecule has 1 heterocycles. The lowest BCUT2D eigenvalue weighted by Crippen LogP contribution is -2.45. The molecule has 1 aliphatic heterocycles. The number of nitrogens with zero attached hydrogens (tertiary/aromatic N) is 1. The van der Waals surface area contributed by atoms with Crippen molar-refractivity contribution >= 4 is 5.91 Å². The molecule has 0 radical (unpaired) electrons. The first-order chi connectivity index (χ1) is 10.2. The lowest BCUT2D eigenvalue weighted by atomic mass is 10.0. The molecular formula is C16H19FN2O2. The van der Waals surface area contributed by atoms with Crippen LogP contribution in [0, 0.1) is 17.7 Å². The molecule has 1 aliphatic rings. The Hall–Kier alpha value is -1.90.